The fourth-order valence-electron chi connectivity index (χ4n) is 2.28. The zero-order chi connectivity index (χ0) is 11.8. The Bertz CT molecular complexity index is 586. The van der Waals surface area contributed by atoms with Crippen molar-refractivity contribution in [3.63, 3.8) is 0 Å². The molecule has 2 aromatic heterocycles. The molecule has 1 aliphatic carbocycles. The first-order chi connectivity index (χ1) is 8.31. The third-order valence-corrected chi connectivity index (χ3v) is 3.30. The zero-order valence-electron chi connectivity index (χ0n) is 9.72. The van der Waals surface area contributed by atoms with Crippen LogP contribution in [0.15, 0.2) is 30.6 Å². The Balaban J connectivity index is 2.20. The average molecular weight is 223 g/mol. The molecule has 0 atom stereocenters. The predicted octanol–water partition coefficient (Wildman–Crippen LogP) is 3.07. The summed E-state index contributed by atoms with van der Waals surface area (Å²) in [7, 11) is 0. The van der Waals surface area contributed by atoms with Crippen LogP contribution in [0.2, 0.25) is 0 Å². The van der Waals surface area contributed by atoms with Crippen LogP contribution in [0.25, 0.3) is 11.3 Å². The van der Waals surface area contributed by atoms with Gasteiger partial charge in [-0.1, -0.05) is 0 Å². The Morgan fingerprint density at radius 3 is 2.65 bits per heavy atom. The lowest BCUT2D eigenvalue weighted by atomic mass is 10.2. The summed E-state index contributed by atoms with van der Waals surface area (Å²) in [5.74, 6) is 0. The van der Waals surface area contributed by atoms with Gasteiger partial charge in [-0.3, -0.25) is 4.98 Å². The Hall–Kier alpha value is -2.08. The van der Waals surface area contributed by atoms with Gasteiger partial charge in [0.25, 0.3) is 0 Å². The van der Waals surface area contributed by atoms with Crippen LogP contribution in [0.3, 0.4) is 0 Å². The summed E-state index contributed by atoms with van der Waals surface area (Å²) in [5.41, 5.74) is 4.14. The van der Waals surface area contributed by atoms with E-state index in [0.717, 1.165) is 22.5 Å². The van der Waals surface area contributed by atoms with Crippen molar-refractivity contribution in [2.45, 2.75) is 25.8 Å². The molecule has 0 radical (unpaired) electrons. The minimum Gasteiger partial charge on any atom is -0.340 e. The number of pyridine rings is 1. The van der Waals surface area contributed by atoms with E-state index in [1.807, 2.05) is 25.1 Å². The summed E-state index contributed by atoms with van der Waals surface area (Å²) < 4.78 is 2.30. The van der Waals surface area contributed by atoms with Crippen molar-refractivity contribution in [2.24, 2.45) is 0 Å². The van der Waals surface area contributed by atoms with Gasteiger partial charge in [-0.05, 0) is 38.0 Å². The van der Waals surface area contributed by atoms with Crippen LogP contribution in [0, 0.1) is 18.3 Å². The number of nitrogens with zero attached hydrogens (tertiary/aromatic N) is 3. The van der Waals surface area contributed by atoms with E-state index in [1.54, 1.807) is 12.4 Å². The molecule has 1 aliphatic rings. The monoisotopic (exact) mass is 223 g/mol. The molecule has 0 unspecified atom stereocenters. The van der Waals surface area contributed by atoms with Gasteiger partial charge < -0.3 is 4.57 Å². The number of aromatic nitrogens is 2. The molecule has 0 bridgehead atoms. The van der Waals surface area contributed by atoms with Gasteiger partial charge in [0.05, 0.1) is 5.56 Å². The van der Waals surface area contributed by atoms with Crippen molar-refractivity contribution < 1.29 is 0 Å². The second-order valence-electron chi connectivity index (χ2n) is 4.48. The molecular formula is C14H13N3. The molecule has 0 saturated heterocycles. The van der Waals surface area contributed by atoms with Gasteiger partial charge >= 0.3 is 0 Å². The van der Waals surface area contributed by atoms with Gasteiger partial charge in [-0.15, -0.1) is 0 Å². The highest BCUT2D eigenvalue weighted by atomic mass is 15.1. The highest BCUT2D eigenvalue weighted by Crippen LogP contribution is 2.41. The summed E-state index contributed by atoms with van der Waals surface area (Å²) >= 11 is 0. The summed E-state index contributed by atoms with van der Waals surface area (Å²) in [4.78, 5) is 4.04. The molecule has 3 nitrogen and oxygen atoms in total. The molecule has 0 aliphatic heterocycles. The van der Waals surface area contributed by atoms with E-state index in [4.69, 9.17) is 5.26 Å². The summed E-state index contributed by atoms with van der Waals surface area (Å²) in [5, 5.41) is 9.13. The molecule has 17 heavy (non-hydrogen) atoms. The molecule has 3 heteroatoms. The average Bonchev–Trinajstić information content (AvgIpc) is 3.14. The molecule has 0 spiro atoms. The lowest BCUT2D eigenvalue weighted by Gasteiger charge is -2.09. The van der Waals surface area contributed by atoms with Gasteiger partial charge in [0.1, 0.15) is 6.07 Å². The van der Waals surface area contributed by atoms with Crippen molar-refractivity contribution in [3.05, 3.63) is 41.9 Å². The maximum absolute atomic E-state index is 9.13. The second kappa shape index (κ2) is 3.74. The summed E-state index contributed by atoms with van der Waals surface area (Å²) in [6.45, 7) is 2.03. The number of nitriles is 1. The predicted molar refractivity (Wildman–Crippen MR) is 65.4 cm³/mol. The fraction of sp³-hybridized carbons (Fsp3) is 0.286. The van der Waals surface area contributed by atoms with Gasteiger partial charge in [0, 0.05) is 35.4 Å². The standard InChI is InChI=1S/C14H13N3/c1-10-12(9-15)8-14(17(10)13-2-3-13)11-4-6-16-7-5-11/h4-8,13H,2-3H2,1H3. The highest BCUT2D eigenvalue weighted by Gasteiger charge is 2.28. The second-order valence-corrected chi connectivity index (χ2v) is 4.48. The molecule has 84 valence electrons. The smallest absolute Gasteiger partial charge is 0.101 e. The minimum absolute atomic E-state index is 0.584. The first-order valence-electron chi connectivity index (χ1n) is 5.83. The Labute approximate surface area is 100 Å². The molecule has 0 amide bonds. The van der Waals surface area contributed by atoms with Gasteiger partial charge in [0.2, 0.25) is 0 Å². The maximum Gasteiger partial charge on any atom is 0.101 e. The SMILES string of the molecule is Cc1c(C#N)cc(-c2ccncc2)n1C1CC1. The summed E-state index contributed by atoms with van der Waals surface area (Å²) in [6.07, 6.45) is 6.03. The minimum atomic E-state index is 0.584. The van der Waals surface area contributed by atoms with Crippen LogP contribution in [0.1, 0.15) is 30.1 Å². The van der Waals surface area contributed by atoms with E-state index in [-0.39, 0.29) is 0 Å². The molecule has 0 aromatic carbocycles. The summed E-state index contributed by atoms with van der Waals surface area (Å²) in [6, 6.07) is 8.83. The zero-order valence-corrected chi connectivity index (χ0v) is 9.72. The normalized spacial score (nSPS) is 14.6. The molecule has 3 rings (SSSR count). The topological polar surface area (TPSA) is 41.6 Å². The van der Waals surface area contributed by atoms with E-state index >= 15 is 0 Å². The highest BCUT2D eigenvalue weighted by molar-refractivity contribution is 5.64. The van der Waals surface area contributed by atoms with Gasteiger partial charge in [-0.2, -0.15) is 5.26 Å². The number of hydrogen-bond acceptors (Lipinski definition) is 2. The number of rotatable bonds is 2. The molecule has 2 aromatic rings. The number of hydrogen-bond donors (Lipinski definition) is 0. The quantitative estimate of drug-likeness (QED) is 0.785. The lowest BCUT2D eigenvalue weighted by molar-refractivity contribution is 0.729. The largest absolute Gasteiger partial charge is 0.340 e. The van der Waals surface area contributed by atoms with E-state index < -0.39 is 0 Å². The van der Waals surface area contributed by atoms with Gasteiger partial charge in [0.15, 0.2) is 0 Å². The van der Waals surface area contributed by atoms with Crippen LogP contribution < -0.4 is 0 Å². The molecule has 1 saturated carbocycles. The van der Waals surface area contributed by atoms with E-state index in [9.17, 15) is 0 Å². The first kappa shape index (κ1) is 10.1. The van der Waals surface area contributed by atoms with E-state index in [2.05, 4.69) is 15.6 Å². The third-order valence-electron chi connectivity index (χ3n) is 3.30. The van der Waals surface area contributed by atoms with Crippen LogP contribution in [-0.2, 0) is 0 Å². The van der Waals surface area contributed by atoms with Crippen LogP contribution >= 0.6 is 0 Å². The van der Waals surface area contributed by atoms with Crippen LogP contribution in [0.5, 0.6) is 0 Å². The lowest BCUT2D eigenvalue weighted by Crippen LogP contribution is -1.99. The Morgan fingerprint density at radius 1 is 1.35 bits per heavy atom. The maximum atomic E-state index is 9.13. The molecule has 1 fully saturated rings. The first-order valence-corrected chi connectivity index (χ1v) is 5.83. The van der Waals surface area contributed by atoms with Crippen molar-refractivity contribution in [3.8, 4) is 17.3 Å². The van der Waals surface area contributed by atoms with Crippen molar-refractivity contribution in [1.29, 1.82) is 5.26 Å². The molecular weight excluding hydrogens is 210 g/mol. The third kappa shape index (κ3) is 1.62. The van der Waals surface area contributed by atoms with Crippen molar-refractivity contribution >= 4 is 0 Å². The van der Waals surface area contributed by atoms with Gasteiger partial charge in [-0.25, -0.2) is 0 Å². The van der Waals surface area contributed by atoms with Crippen LogP contribution in [-0.4, -0.2) is 9.55 Å². The van der Waals surface area contributed by atoms with Crippen LogP contribution in [0.4, 0.5) is 0 Å². The Kier molecular flexibility index (Phi) is 2.22. The van der Waals surface area contributed by atoms with E-state index in [1.165, 1.54) is 12.8 Å². The fourth-order valence-corrected chi connectivity index (χ4v) is 2.28. The molecule has 0 N–H and O–H groups in total. The Morgan fingerprint density at radius 2 is 2.06 bits per heavy atom. The van der Waals surface area contributed by atoms with Crippen molar-refractivity contribution in [1.82, 2.24) is 9.55 Å². The molecule has 2 heterocycles. The van der Waals surface area contributed by atoms with E-state index in [0.29, 0.717) is 6.04 Å². The van der Waals surface area contributed by atoms with Crippen molar-refractivity contribution in [2.75, 3.05) is 0 Å².